The summed E-state index contributed by atoms with van der Waals surface area (Å²) in [6, 6.07) is 7.28. The number of hydrogen-bond acceptors (Lipinski definition) is 3. The Morgan fingerprint density at radius 3 is 2.28 bits per heavy atom. The van der Waals surface area contributed by atoms with Crippen molar-refractivity contribution in [3.05, 3.63) is 29.8 Å². The number of ether oxygens (including phenoxy) is 1. The topological polar surface area (TPSA) is 71.9 Å². The molecule has 0 unspecified atom stereocenters. The maximum Gasteiger partial charge on any atom is 0.275 e. The SMILES string of the molecule is COc1ccc(C(=O)NC2CC[NH+](CC(=O)NC(C)(C)C)CC2)cc1. The van der Waals surface area contributed by atoms with Crippen molar-refractivity contribution in [1.29, 1.82) is 0 Å². The number of carbonyl (C=O) groups excluding carboxylic acids is 2. The highest BCUT2D eigenvalue weighted by Gasteiger charge is 2.26. The first-order valence-electron chi connectivity index (χ1n) is 8.86. The highest BCUT2D eigenvalue weighted by molar-refractivity contribution is 5.94. The molecular formula is C19H30N3O3+. The maximum absolute atomic E-state index is 12.3. The smallest absolute Gasteiger partial charge is 0.275 e. The Bertz CT molecular complexity index is 585. The summed E-state index contributed by atoms with van der Waals surface area (Å²) in [5.41, 5.74) is 0.446. The van der Waals surface area contributed by atoms with Crippen LogP contribution < -0.4 is 20.3 Å². The summed E-state index contributed by atoms with van der Waals surface area (Å²) in [5, 5.41) is 6.09. The second-order valence-electron chi connectivity index (χ2n) is 7.70. The zero-order chi connectivity index (χ0) is 18.4. The van der Waals surface area contributed by atoms with Crippen LogP contribution in [0.5, 0.6) is 5.75 Å². The fourth-order valence-corrected chi connectivity index (χ4v) is 3.05. The molecule has 2 amide bonds. The summed E-state index contributed by atoms with van der Waals surface area (Å²) in [7, 11) is 1.60. The lowest BCUT2D eigenvalue weighted by molar-refractivity contribution is -0.897. The zero-order valence-corrected chi connectivity index (χ0v) is 15.6. The van der Waals surface area contributed by atoms with Gasteiger partial charge in [-0.05, 0) is 45.0 Å². The van der Waals surface area contributed by atoms with E-state index in [0.717, 1.165) is 31.7 Å². The molecule has 1 aliphatic rings. The number of carbonyl (C=O) groups is 2. The summed E-state index contributed by atoms with van der Waals surface area (Å²) in [6.45, 7) is 8.25. The average Bonchev–Trinajstić information content (AvgIpc) is 2.55. The summed E-state index contributed by atoms with van der Waals surface area (Å²) >= 11 is 0. The van der Waals surface area contributed by atoms with Gasteiger partial charge in [-0.3, -0.25) is 9.59 Å². The van der Waals surface area contributed by atoms with Gasteiger partial charge in [0, 0.05) is 30.0 Å². The van der Waals surface area contributed by atoms with Gasteiger partial charge in [0.2, 0.25) is 0 Å². The van der Waals surface area contributed by atoms with Crippen LogP contribution >= 0.6 is 0 Å². The minimum absolute atomic E-state index is 0.0541. The van der Waals surface area contributed by atoms with Gasteiger partial charge in [-0.25, -0.2) is 0 Å². The predicted octanol–water partition coefficient (Wildman–Crippen LogP) is 0.387. The molecule has 0 saturated carbocycles. The van der Waals surface area contributed by atoms with Crippen molar-refractivity contribution in [3.63, 3.8) is 0 Å². The number of quaternary nitrogens is 1. The van der Waals surface area contributed by atoms with E-state index in [9.17, 15) is 9.59 Å². The van der Waals surface area contributed by atoms with Crippen LogP contribution in [-0.2, 0) is 4.79 Å². The first-order chi connectivity index (χ1) is 11.8. The summed E-state index contributed by atoms with van der Waals surface area (Å²) < 4.78 is 5.11. The van der Waals surface area contributed by atoms with E-state index in [4.69, 9.17) is 4.74 Å². The van der Waals surface area contributed by atoms with Crippen molar-refractivity contribution in [2.45, 2.75) is 45.2 Å². The lowest BCUT2D eigenvalue weighted by Gasteiger charge is -2.30. The maximum atomic E-state index is 12.3. The predicted molar refractivity (Wildman–Crippen MR) is 96.9 cm³/mol. The van der Waals surface area contributed by atoms with Gasteiger partial charge in [0.05, 0.1) is 20.2 Å². The van der Waals surface area contributed by atoms with Crippen LogP contribution in [0.2, 0.25) is 0 Å². The summed E-state index contributed by atoms with van der Waals surface area (Å²) in [6.07, 6.45) is 1.78. The Balaban J connectivity index is 1.76. The minimum atomic E-state index is -0.193. The highest BCUT2D eigenvalue weighted by atomic mass is 16.5. The largest absolute Gasteiger partial charge is 0.497 e. The van der Waals surface area contributed by atoms with Crippen LogP contribution in [0.25, 0.3) is 0 Å². The van der Waals surface area contributed by atoms with Crippen LogP contribution in [0.15, 0.2) is 24.3 Å². The third-order valence-corrected chi connectivity index (χ3v) is 4.31. The number of piperidine rings is 1. The molecule has 0 aromatic heterocycles. The van der Waals surface area contributed by atoms with E-state index in [-0.39, 0.29) is 23.4 Å². The molecule has 0 aliphatic carbocycles. The van der Waals surface area contributed by atoms with Crippen molar-refractivity contribution in [1.82, 2.24) is 10.6 Å². The molecule has 1 saturated heterocycles. The van der Waals surface area contributed by atoms with Crippen molar-refractivity contribution < 1.29 is 19.2 Å². The molecule has 0 spiro atoms. The van der Waals surface area contributed by atoms with Crippen LogP contribution in [0, 0.1) is 0 Å². The number of likely N-dealkylation sites (tertiary alicyclic amines) is 1. The Morgan fingerprint density at radius 2 is 1.76 bits per heavy atom. The van der Waals surface area contributed by atoms with Gasteiger partial charge in [0.1, 0.15) is 5.75 Å². The molecule has 1 fully saturated rings. The van der Waals surface area contributed by atoms with Gasteiger partial charge in [-0.1, -0.05) is 0 Å². The van der Waals surface area contributed by atoms with E-state index in [1.54, 1.807) is 31.4 Å². The highest BCUT2D eigenvalue weighted by Crippen LogP contribution is 2.12. The standard InChI is InChI=1S/C19H29N3O3/c1-19(2,3)21-17(23)13-22-11-9-15(10-12-22)20-18(24)14-5-7-16(25-4)8-6-14/h5-8,15H,9-13H2,1-4H3,(H,20,24)(H,21,23)/p+1. The first kappa shape index (κ1) is 19.2. The van der Waals surface area contributed by atoms with Crippen molar-refractivity contribution in [3.8, 4) is 5.75 Å². The van der Waals surface area contributed by atoms with Crippen LogP contribution in [0.4, 0.5) is 0 Å². The molecule has 1 heterocycles. The van der Waals surface area contributed by atoms with Crippen LogP contribution in [-0.4, -0.2) is 50.1 Å². The fourth-order valence-electron chi connectivity index (χ4n) is 3.05. The molecule has 6 heteroatoms. The molecule has 1 aromatic carbocycles. The lowest BCUT2D eigenvalue weighted by atomic mass is 10.0. The Labute approximate surface area is 149 Å². The molecule has 0 radical (unpaired) electrons. The van der Waals surface area contributed by atoms with Gasteiger partial charge >= 0.3 is 0 Å². The van der Waals surface area contributed by atoms with Crippen LogP contribution in [0.3, 0.4) is 0 Å². The zero-order valence-electron chi connectivity index (χ0n) is 15.6. The molecule has 3 N–H and O–H groups in total. The molecule has 25 heavy (non-hydrogen) atoms. The molecule has 1 aromatic rings. The van der Waals surface area contributed by atoms with Gasteiger partial charge in [0.15, 0.2) is 6.54 Å². The molecule has 0 atom stereocenters. The minimum Gasteiger partial charge on any atom is -0.497 e. The first-order valence-corrected chi connectivity index (χ1v) is 8.86. The molecule has 6 nitrogen and oxygen atoms in total. The van der Waals surface area contributed by atoms with Gasteiger partial charge < -0.3 is 20.3 Å². The van der Waals surface area contributed by atoms with Crippen LogP contribution in [0.1, 0.15) is 44.0 Å². The van der Waals surface area contributed by atoms with E-state index >= 15 is 0 Å². The Hall–Kier alpha value is -2.08. The number of amides is 2. The second-order valence-corrected chi connectivity index (χ2v) is 7.70. The molecule has 138 valence electrons. The number of nitrogens with one attached hydrogen (secondary N) is 3. The summed E-state index contributed by atoms with van der Waals surface area (Å²) in [4.78, 5) is 25.6. The third kappa shape index (κ3) is 6.38. The molecule has 0 bridgehead atoms. The normalized spacial score (nSPS) is 20.6. The molecule has 1 aliphatic heterocycles. The van der Waals surface area contributed by atoms with E-state index < -0.39 is 0 Å². The van der Waals surface area contributed by atoms with E-state index in [2.05, 4.69) is 10.6 Å². The quantitative estimate of drug-likeness (QED) is 0.721. The Morgan fingerprint density at radius 1 is 1.16 bits per heavy atom. The van der Waals surface area contributed by atoms with Crippen molar-refractivity contribution in [2.24, 2.45) is 0 Å². The van der Waals surface area contributed by atoms with E-state index in [0.29, 0.717) is 12.1 Å². The van der Waals surface area contributed by atoms with E-state index in [1.165, 1.54) is 4.90 Å². The van der Waals surface area contributed by atoms with Gasteiger partial charge in [-0.2, -0.15) is 0 Å². The van der Waals surface area contributed by atoms with Crippen molar-refractivity contribution in [2.75, 3.05) is 26.7 Å². The molecule has 2 rings (SSSR count). The third-order valence-electron chi connectivity index (χ3n) is 4.31. The number of hydrogen-bond donors (Lipinski definition) is 3. The summed E-state index contributed by atoms with van der Waals surface area (Å²) in [5.74, 6) is 0.770. The molecular weight excluding hydrogens is 318 g/mol. The van der Waals surface area contributed by atoms with Crippen molar-refractivity contribution >= 4 is 11.8 Å². The number of rotatable bonds is 5. The average molecular weight is 348 g/mol. The number of benzene rings is 1. The van der Waals surface area contributed by atoms with E-state index in [1.807, 2.05) is 20.8 Å². The van der Waals surface area contributed by atoms with Gasteiger partial charge in [-0.15, -0.1) is 0 Å². The van der Waals surface area contributed by atoms with Gasteiger partial charge in [0.25, 0.3) is 11.8 Å². The number of methoxy groups -OCH3 is 1. The fraction of sp³-hybridized carbons (Fsp3) is 0.579. The monoisotopic (exact) mass is 348 g/mol. The lowest BCUT2D eigenvalue weighted by Crippen LogP contribution is -3.14. The second kappa shape index (κ2) is 8.34. The Kier molecular flexibility index (Phi) is 6.42.